The molecule has 0 unspecified atom stereocenters. The number of nitrogens with one attached hydrogen (secondary N) is 1. The van der Waals surface area contributed by atoms with E-state index in [-0.39, 0.29) is 5.97 Å². The van der Waals surface area contributed by atoms with Crippen molar-refractivity contribution in [3.05, 3.63) is 35.4 Å². The zero-order valence-corrected chi connectivity index (χ0v) is 18.2. The van der Waals surface area contributed by atoms with Gasteiger partial charge in [-0.05, 0) is 37.1 Å². The average Bonchev–Trinajstić information content (AvgIpc) is 2.78. The summed E-state index contributed by atoms with van der Waals surface area (Å²) in [5.74, 6) is -0.207. The van der Waals surface area contributed by atoms with Gasteiger partial charge in [0.05, 0.1) is 12.2 Å². The minimum Gasteiger partial charge on any atom is -0.462 e. The van der Waals surface area contributed by atoms with Gasteiger partial charge in [-0.25, -0.2) is 4.79 Å². The van der Waals surface area contributed by atoms with E-state index in [0.717, 1.165) is 40.2 Å². The summed E-state index contributed by atoms with van der Waals surface area (Å²) in [6.07, 6.45) is 8.24. The summed E-state index contributed by atoms with van der Waals surface area (Å²) in [7, 11) is 2.00. The van der Waals surface area contributed by atoms with E-state index in [1.165, 1.54) is 37.7 Å². The van der Waals surface area contributed by atoms with Crippen molar-refractivity contribution in [3.8, 4) is 0 Å². The molecular weight excluding hydrogens is 358 g/mol. The van der Waals surface area contributed by atoms with Gasteiger partial charge >= 0.3 is 5.97 Å². The van der Waals surface area contributed by atoms with Crippen LogP contribution < -0.4 is 5.32 Å². The number of rotatable bonds is 12. The second-order valence-electron chi connectivity index (χ2n) is 5.78. The Bertz CT molecular complexity index is 423. The molecule has 0 aliphatic heterocycles. The zero-order valence-electron chi connectivity index (χ0n) is 18.2. The Hall–Kier alpha value is -1.76. The van der Waals surface area contributed by atoms with E-state index < -0.39 is 0 Å². The monoisotopic (exact) mass is 399 g/mol. The van der Waals surface area contributed by atoms with Crippen molar-refractivity contribution in [2.45, 2.75) is 65.3 Å². The molecule has 0 amide bonds. The zero-order chi connectivity index (χ0) is 22.0. The maximum absolute atomic E-state index is 11.9. The van der Waals surface area contributed by atoms with E-state index in [2.05, 4.69) is 19.2 Å². The quantitative estimate of drug-likeness (QED) is 0.366. The highest BCUT2D eigenvalue weighted by atomic mass is 16.5. The molecule has 0 fully saturated rings. The Kier molecular flexibility index (Phi) is 30.4. The van der Waals surface area contributed by atoms with Crippen molar-refractivity contribution in [1.29, 1.82) is 0 Å². The summed E-state index contributed by atoms with van der Waals surface area (Å²) in [6, 6.07) is 7.71. The maximum atomic E-state index is 11.9. The molecule has 0 aromatic heterocycles. The number of aliphatic hydroxyl groups excluding tert-OH is 2. The Balaban J connectivity index is -0.000000946. The van der Waals surface area contributed by atoms with Crippen LogP contribution >= 0.6 is 0 Å². The Morgan fingerprint density at radius 3 is 1.96 bits per heavy atom. The molecule has 0 spiro atoms. The lowest BCUT2D eigenvalue weighted by atomic mass is 10.1. The van der Waals surface area contributed by atoms with Crippen LogP contribution in [0.25, 0.3) is 0 Å². The topological polar surface area (TPSA) is 95.9 Å². The van der Waals surface area contributed by atoms with Gasteiger partial charge in [0.15, 0.2) is 0 Å². The highest BCUT2D eigenvalue weighted by molar-refractivity contribution is 5.89. The lowest BCUT2D eigenvalue weighted by molar-refractivity contribution is -0.0980. The Morgan fingerprint density at radius 1 is 0.893 bits per heavy atom. The lowest BCUT2D eigenvalue weighted by Gasteiger charge is -2.07. The molecular formula is C22H41NO5. The first-order chi connectivity index (χ1) is 13.8. The van der Waals surface area contributed by atoms with Crippen molar-refractivity contribution < 1.29 is 24.5 Å². The molecule has 1 rings (SSSR count). The largest absolute Gasteiger partial charge is 0.462 e. The number of aliphatic hydroxyl groups is 2. The van der Waals surface area contributed by atoms with E-state index in [1.54, 1.807) is 0 Å². The molecule has 0 aliphatic carbocycles. The van der Waals surface area contributed by atoms with E-state index in [9.17, 15) is 4.79 Å². The minimum atomic E-state index is -0.207. The molecule has 1 aromatic rings. The fraction of sp³-hybridized carbons (Fsp3) is 0.636. The van der Waals surface area contributed by atoms with Crippen molar-refractivity contribution in [2.75, 3.05) is 27.4 Å². The molecule has 0 atom stereocenters. The van der Waals surface area contributed by atoms with Gasteiger partial charge in [0.1, 0.15) is 6.79 Å². The fourth-order valence-corrected chi connectivity index (χ4v) is 2.25. The SMILES string of the molecule is C=O.CCCCCCCOC(=O)c1ccc(CNCCCC)cc1.CO.CO. The second-order valence-corrected chi connectivity index (χ2v) is 5.78. The van der Waals surface area contributed by atoms with E-state index in [0.29, 0.717) is 12.2 Å². The molecule has 28 heavy (non-hydrogen) atoms. The molecule has 3 N–H and O–H groups in total. The molecule has 6 nitrogen and oxygen atoms in total. The summed E-state index contributed by atoms with van der Waals surface area (Å²) < 4.78 is 5.31. The number of carbonyl (C=O) groups is 2. The number of ether oxygens (including phenoxy) is 1. The molecule has 0 saturated heterocycles. The third kappa shape index (κ3) is 19.0. The normalized spacial score (nSPS) is 8.93. The first-order valence-corrected chi connectivity index (χ1v) is 9.93. The third-order valence-electron chi connectivity index (χ3n) is 3.71. The maximum Gasteiger partial charge on any atom is 0.338 e. The molecule has 0 saturated carbocycles. The number of hydrogen-bond acceptors (Lipinski definition) is 6. The Labute approximate surface area is 171 Å². The highest BCUT2D eigenvalue weighted by Gasteiger charge is 2.06. The third-order valence-corrected chi connectivity index (χ3v) is 3.71. The van der Waals surface area contributed by atoms with Gasteiger partial charge in [0.2, 0.25) is 0 Å². The van der Waals surface area contributed by atoms with Crippen LogP contribution in [0.3, 0.4) is 0 Å². The number of unbranched alkanes of at least 4 members (excludes halogenated alkanes) is 5. The van der Waals surface area contributed by atoms with Crippen LogP contribution in [0.4, 0.5) is 0 Å². The number of hydrogen-bond donors (Lipinski definition) is 3. The van der Waals surface area contributed by atoms with E-state index in [1.807, 2.05) is 31.1 Å². The molecule has 0 radical (unpaired) electrons. The number of esters is 1. The highest BCUT2D eigenvalue weighted by Crippen LogP contribution is 2.08. The van der Waals surface area contributed by atoms with E-state index in [4.69, 9.17) is 19.7 Å². The summed E-state index contributed by atoms with van der Waals surface area (Å²) in [4.78, 5) is 19.9. The molecule has 0 bridgehead atoms. The molecule has 0 aliphatic rings. The molecule has 0 heterocycles. The van der Waals surface area contributed by atoms with Gasteiger partial charge in [-0.15, -0.1) is 0 Å². The van der Waals surface area contributed by atoms with Gasteiger partial charge in [0, 0.05) is 20.8 Å². The van der Waals surface area contributed by atoms with Gasteiger partial charge in [0.25, 0.3) is 0 Å². The first kappa shape index (κ1) is 31.0. The van der Waals surface area contributed by atoms with Gasteiger partial charge in [-0.3, -0.25) is 0 Å². The van der Waals surface area contributed by atoms with Crippen LogP contribution in [-0.4, -0.2) is 50.3 Å². The predicted molar refractivity (Wildman–Crippen MR) is 116 cm³/mol. The number of benzene rings is 1. The first-order valence-electron chi connectivity index (χ1n) is 9.93. The number of carbonyl (C=O) groups excluding carboxylic acids is 2. The van der Waals surface area contributed by atoms with Crippen LogP contribution in [0.2, 0.25) is 0 Å². The van der Waals surface area contributed by atoms with Crippen LogP contribution in [0.15, 0.2) is 24.3 Å². The summed E-state index contributed by atoms with van der Waals surface area (Å²) in [6.45, 7) is 8.81. The lowest BCUT2D eigenvalue weighted by Crippen LogP contribution is -2.14. The fourth-order valence-electron chi connectivity index (χ4n) is 2.25. The Morgan fingerprint density at radius 2 is 1.43 bits per heavy atom. The van der Waals surface area contributed by atoms with Crippen LogP contribution in [0.5, 0.6) is 0 Å². The van der Waals surface area contributed by atoms with Crippen molar-refractivity contribution in [3.63, 3.8) is 0 Å². The van der Waals surface area contributed by atoms with Gasteiger partial charge < -0.3 is 25.1 Å². The average molecular weight is 400 g/mol. The van der Waals surface area contributed by atoms with Crippen LogP contribution in [-0.2, 0) is 16.1 Å². The molecule has 6 heteroatoms. The summed E-state index contributed by atoms with van der Waals surface area (Å²) in [5.41, 5.74) is 1.85. The van der Waals surface area contributed by atoms with E-state index >= 15 is 0 Å². The van der Waals surface area contributed by atoms with Crippen molar-refractivity contribution in [1.82, 2.24) is 5.32 Å². The summed E-state index contributed by atoms with van der Waals surface area (Å²) >= 11 is 0. The molecule has 164 valence electrons. The standard InChI is InChI=1S/C19H31NO2.2CH4O.CH2O/c1-3-5-7-8-9-15-22-19(21)18-12-10-17(11-13-18)16-20-14-6-4-2;3*1-2/h10-13,20H,3-9,14-16H2,1-2H3;2*2H,1H3;1H2. The smallest absolute Gasteiger partial charge is 0.338 e. The van der Waals surface area contributed by atoms with Crippen LogP contribution in [0.1, 0.15) is 74.7 Å². The van der Waals surface area contributed by atoms with Gasteiger partial charge in [-0.2, -0.15) is 0 Å². The predicted octanol–water partition coefficient (Wildman–Crippen LogP) is 3.74. The van der Waals surface area contributed by atoms with Crippen molar-refractivity contribution in [2.24, 2.45) is 0 Å². The van der Waals surface area contributed by atoms with Crippen molar-refractivity contribution >= 4 is 12.8 Å². The second kappa shape index (κ2) is 27.5. The van der Waals surface area contributed by atoms with Crippen LogP contribution in [0, 0.1) is 0 Å². The minimum absolute atomic E-state index is 0.207. The molecule has 1 aromatic carbocycles. The van der Waals surface area contributed by atoms with Gasteiger partial charge in [-0.1, -0.05) is 58.1 Å². The summed E-state index contributed by atoms with van der Waals surface area (Å²) in [5, 5.41) is 17.4.